The Morgan fingerprint density at radius 2 is 1.90 bits per heavy atom. The summed E-state index contributed by atoms with van der Waals surface area (Å²) in [5, 5.41) is 11.4. The lowest BCUT2D eigenvalue weighted by atomic mass is 9.81. The van der Waals surface area contributed by atoms with Crippen molar-refractivity contribution in [3.05, 3.63) is 27.4 Å². The van der Waals surface area contributed by atoms with Crippen LogP contribution in [-0.4, -0.2) is 44.0 Å². The zero-order valence-corrected chi connectivity index (χ0v) is 17.7. The molecular formula is C22H29ClN4O2. The van der Waals surface area contributed by atoms with Crippen LogP contribution < -0.4 is 15.6 Å². The Morgan fingerprint density at radius 1 is 1.14 bits per heavy atom. The first-order chi connectivity index (χ1) is 14.2. The summed E-state index contributed by atoms with van der Waals surface area (Å²) in [7, 11) is 2.13. The summed E-state index contributed by atoms with van der Waals surface area (Å²) in [6.07, 6.45) is 11.2. The molecule has 0 amide bonds. The van der Waals surface area contributed by atoms with Crippen molar-refractivity contribution < 1.29 is 9.47 Å². The first-order valence-electron chi connectivity index (χ1n) is 10.8. The number of fused-ring (bicyclic) bond motifs is 3. The minimum atomic E-state index is 0.369. The van der Waals surface area contributed by atoms with Gasteiger partial charge in [0.15, 0.2) is 0 Å². The molecule has 7 heteroatoms. The largest absolute Gasteiger partial charge is 0.381 e. The van der Waals surface area contributed by atoms with Gasteiger partial charge in [-0.15, -0.1) is 0 Å². The Balaban J connectivity index is 1.41. The number of nitrogens with zero attached hydrogens (tertiary/aromatic N) is 3. The van der Waals surface area contributed by atoms with Gasteiger partial charge >= 0.3 is 0 Å². The van der Waals surface area contributed by atoms with Gasteiger partial charge in [0.05, 0.1) is 41.3 Å². The number of rotatable bonds is 3. The molecule has 0 spiro atoms. The number of azo groups is 1. The molecule has 156 valence electrons. The fraction of sp³-hybridized carbons (Fsp3) is 0.636. The first-order valence-corrected chi connectivity index (χ1v) is 11.2. The lowest BCUT2D eigenvalue weighted by Gasteiger charge is -2.33. The fourth-order valence-corrected chi connectivity index (χ4v) is 5.47. The zero-order valence-electron chi connectivity index (χ0n) is 17.0. The predicted octanol–water partition coefficient (Wildman–Crippen LogP) is 3.20. The van der Waals surface area contributed by atoms with Gasteiger partial charge in [-0.25, -0.2) is 0 Å². The van der Waals surface area contributed by atoms with Crippen LogP contribution in [0.2, 0.25) is 0 Å². The van der Waals surface area contributed by atoms with Crippen molar-refractivity contribution in [3.8, 4) is 0 Å². The maximum atomic E-state index is 6.84. The third-order valence-electron chi connectivity index (χ3n) is 6.69. The summed E-state index contributed by atoms with van der Waals surface area (Å²) < 4.78 is 11.8. The van der Waals surface area contributed by atoms with Crippen molar-refractivity contribution in [2.75, 3.05) is 31.7 Å². The smallest absolute Gasteiger partial charge is 0.0895 e. The quantitative estimate of drug-likeness (QED) is 0.823. The zero-order chi connectivity index (χ0) is 19.8. The molecule has 0 aromatic carbocycles. The third kappa shape index (κ3) is 3.78. The van der Waals surface area contributed by atoms with Gasteiger partial charge in [-0.05, 0) is 56.1 Å². The molecule has 2 fully saturated rings. The minimum Gasteiger partial charge on any atom is -0.381 e. The minimum absolute atomic E-state index is 0.369. The van der Waals surface area contributed by atoms with E-state index in [1.807, 2.05) is 6.20 Å². The molecule has 5 rings (SSSR count). The molecule has 4 heterocycles. The molecular weight excluding hydrogens is 388 g/mol. The molecule has 3 aliphatic heterocycles. The SMILES string of the molecule is CN1CC=C(Cl)C([C@H]2CC[C@H](OC3CCOCC3)CC2)=c2[nH]c3c(c21)CN=NC=3. The average molecular weight is 417 g/mol. The second-order valence-corrected chi connectivity index (χ2v) is 8.96. The van der Waals surface area contributed by atoms with E-state index < -0.39 is 0 Å². The number of halogens is 1. The van der Waals surface area contributed by atoms with E-state index in [-0.39, 0.29) is 0 Å². The molecule has 0 unspecified atom stereocenters. The van der Waals surface area contributed by atoms with Crippen molar-refractivity contribution in [1.82, 2.24) is 4.98 Å². The number of aromatic amines is 1. The predicted molar refractivity (Wildman–Crippen MR) is 114 cm³/mol. The molecule has 0 radical (unpaired) electrons. The Morgan fingerprint density at radius 3 is 2.69 bits per heavy atom. The molecule has 29 heavy (non-hydrogen) atoms. The Bertz CT molecular complexity index is 937. The number of nitrogens with one attached hydrogen (secondary N) is 1. The maximum Gasteiger partial charge on any atom is 0.0895 e. The van der Waals surface area contributed by atoms with Crippen molar-refractivity contribution in [3.63, 3.8) is 0 Å². The van der Waals surface area contributed by atoms with Crippen LogP contribution in [0.3, 0.4) is 0 Å². The van der Waals surface area contributed by atoms with Gasteiger partial charge in [0.2, 0.25) is 0 Å². The van der Waals surface area contributed by atoms with Gasteiger partial charge in [0.25, 0.3) is 0 Å². The van der Waals surface area contributed by atoms with Gasteiger partial charge in [0.1, 0.15) is 0 Å². The second kappa shape index (κ2) is 8.25. The lowest BCUT2D eigenvalue weighted by Crippen LogP contribution is -2.32. The molecule has 1 aromatic rings. The highest BCUT2D eigenvalue weighted by Gasteiger charge is 2.31. The average Bonchev–Trinajstić information content (AvgIpc) is 3.08. The Kier molecular flexibility index (Phi) is 5.50. The first kappa shape index (κ1) is 19.3. The van der Waals surface area contributed by atoms with E-state index in [0.717, 1.165) is 74.0 Å². The molecule has 1 aliphatic carbocycles. The van der Waals surface area contributed by atoms with E-state index in [9.17, 15) is 0 Å². The van der Waals surface area contributed by atoms with Gasteiger partial charge < -0.3 is 19.4 Å². The van der Waals surface area contributed by atoms with Crippen LogP contribution in [0.25, 0.3) is 11.8 Å². The van der Waals surface area contributed by atoms with Crippen LogP contribution in [0.1, 0.15) is 44.1 Å². The highest BCUT2D eigenvalue weighted by Crippen LogP contribution is 2.38. The summed E-state index contributed by atoms with van der Waals surface area (Å²) in [4.78, 5) is 5.89. The number of anilines is 1. The number of allylic oxidation sites excluding steroid dienone is 1. The van der Waals surface area contributed by atoms with Gasteiger partial charge in [-0.3, -0.25) is 0 Å². The number of H-pyrrole nitrogens is 1. The number of ether oxygens (including phenoxy) is 2. The van der Waals surface area contributed by atoms with Crippen LogP contribution in [0.4, 0.5) is 5.69 Å². The molecule has 1 aromatic heterocycles. The van der Waals surface area contributed by atoms with E-state index in [0.29, 0.717) is 24.7 Å². The van der Waals surface area contributed by atoms with E-state index in [4.69, 9.17) is 21.1 Å². The molecule has 1 N–H and O–H groups in total. The Hall–Kier alpha value is -1.63. The molecule has 0 bridgehead atoms. The monoisotopic (exact) mass is 416 g/mol. The summed E-state index contributed by atoms with van der Waals surface area (Å²) in [5.74, 6) is 0.451. The summed E-state index contributed by atoms with van der Waals surface area (Å²) >= 11 is 6.84. The van der Waals surface area contributed by atoms with Crippen LogP contribution in [0.15, 0.2) is 21.3 Å². The van der Waals surface area contributed by atoms with E-state index >= 15 is 0 Å². The molecule has 4 aliphatic rings. The number of likely N-dealkylation sites (N-methyl/N-ethyl adjacent to an activating group) is 1. The second-order valence-electron chi connectivity index (χ2n) is 8.55. The Labute approximate surface area is 176 Å². The van der Waals surface area contributed by atoms with Gasteiger partial charge in [-0.1, -0.05) is 11.6 Å². The highest BCUT2D eigenvalue weighted by molar-refractivity contribution is 6.36. The van der Waals surface area contributed by atoms with Crippen molar-refractivity contribution in [1.29, 1.82) is 0 Å². The maximum absolute atomic E-state index is 6.84. The summed E-state index contributed by atoms with van der Waals surface area (Å²) in [5.41, 5.74) is 3.72. The number of hydrogen-bond acceptors (Lipinski definition) is 5. The molecule has 0 atom stereocenters. The van der Waals surface area contributed by atoms with Gasteiger partial charge in [-0.2, -0.15) is 10.2 Å². The van der Waals surface area contributed by atoms with Crippen LogP contribution >= 0.6 is 11.6 Å². The fourth-order valence-electron chi connectivity index (χ4n) is 5.15. The van der Waals surface area contributed by atoms with Crippen molar-refractivity contribution in [2.45, 2.75) is 57.3 Å². The standard InChI is InChI=1S/C22H29ClN4O2/c1-27-9-6-18(23)20(21-22(27)17-12-24-25-13-19(17)26-21)14-2-4-15(5-3-14)29-16-7-10-28-11-8-16/h6,13-16,26H,2-5,7-12H2,1H3/t14-,15-. The van der Waals surface area contributed by atoms with Crippen LogP contribution in [0.5, 0.6) is 0 Å². The summed E-state index contributed by atoms with van der Waals surface area (Å²) in [6.45, 7) is 3.10. The number of aromatic nitrogens is 1. The molecule has 1 saturated heterocycles. The van der Waals surface area contributed by atoms with E-state index in [1.54, 1.807) is 0 Å². The van der Waals surface area contributed by atoms with Crippen LogP contribution in [0, 0.1) is 5.92 Å². The highest BCUT2D eigenvalue weighted by atomic mass is 35.5. The number of hydrogen-bond donors (Lipinski definition) is 1. The normalized spacial score (nSPS) is 27.7. The van der Waals surface area contributed by atoms with Crippen molar-refractivity contribution >= 4 is 29.1 Å². The van der Waals surface area contributed by atoms with Crippen LogP contribution in [-0.2, 0) is 16.0 Å². The lowest BCUT2D eigenvalue weighted by molar-refractivity contribution is -0.0800. The van der Waals surface area contributed by atoms with E-state index in [1.165, 1.54) is 16.8 Å². The summed E-state index contributed by atoms with van der Waals surface area (Å²) in [6, 6.07) is 0. The molecule has 6 nitrogen and oxygen atoms in total. The van der Waals surface area contributed by atoms with Gasteiger partial charge in [0, 0.05) is 37.4 Å². The van der Waals surface area contributed by atoms with E-state index in [2.05, 4.69) is 33.2 Å². The van der Waals surface area contributed by atoms with Crippen molar-refractivity contribution in [2.24, 2.45) is 16.1 Å². The topological polar surface area (TPSA) is 62.2 Å². The molecule has 1 saturated carbocycles. The third-order valence-corrected chi connectivity index (χ3v) is 7.05.